The second-order valence-corrected chi connectivity index (χ2v) is 7.52. The summed E-state index contributed by atoms with van der Waals surface area (Å²) in [5.41, 5.74) is 4.88. The molecule has 0 bridgehead atoms. The zero-order chi connectivity index (χ0) is 21.4. The van der Waals surface area contributed by atoms with E-state index in [1.165, 1.54) is 12.1 Å². The lowest BCUT2D eigenvalue weighted by Crippen LogP contribution is -2.15. The van der Waals surface area contributed by atoms with E-state index in [1.54, 1.807) is 0 Å². The Morgan fingerprint density at radius 2 is 1.29 bits per heavy atom. The van der Waals surface area contributed by atoms with Gasteiger partial charge in [-0.3, -0.25) is 4.99 Å². The van der Waals surface area contributed by atoms with E-state index in [4.69, 9.17) is 4.99 Å². The molecule has 0 aromatic heterocycles. The van der Waals surface area contributed by atoms with E-state index in [1.807, 2.05) is 84.9 Å². The monoisotopic (exact) mass is 413 g/mol. The SMILES string of the molecule is FC(F)(F)c1ccc2c(c1)-c1ccccc1[C@H](c1ccccc1)C(c1ccccc1)=N2. The van der Waals surface area contributed by atoms with E-state index in [0.717, 1.165) is 34.0 Å². The Balaban J connectivity index is 1.84. The molecule has 4 aromatic carbocycles. The van der Waals surface area contributed by atoms with Crippen LogP contribution in [0.4, 0.5) is 18.9 Å². The summed E-state index contributed by atoms with van der Waals surface area (Å²) in [6.45, 7) is 0. The highest BCUT2D eigenvalue weighted by Crippen LogP contribution is 2.45. The molecule has 31 heavy (non-hydrogen) atoms. The van der Waals surface area contributed by atoms with Crippen molar-refractivity contribution >= 4 is 11.4 Å². The summed E-state index contributed by atoms with van der Waals surface area (Å²) < 4.78 is 40.4. The van der Waals surface area contributed by atoms with Crippen LogP contribution >= 0.6 is 0 Å². The lowest BCUT2D eigenvalue weighted by Gasteiger charge is -2.21. The van der Waals surface area contributed by atoms with Gasteiger partial charge in [-0.2, -0.15) is 13.2 Å². The van der Waals surface area contributed by atoms with Crippen LogP contribution in [0.3, 0.4) is 0 Å². The number of rotatable bonds is 2. The first-order chi connectivity index (χ1) is 15.0. The third-order valence-electron chi connectivity index (χ3n) is 5.60. The summed E-state index contributed by atoms with van der Waals surface area (Å²) in [5, 5.41) is 0. The fourth-order valence-corrected chi connectivity index (χ4v) is 4.18. The zero-order valence-electron chi connectivity index (χ0n) is 16.5. The molecule has 0 aliphatic carbocycles. The van der Waals surface area contributed by atoms with Gasteiger partial charge in [0.15, 0.2) is 0 Å². The van der Waals surface area contributed by atoms with Crippen molar-refractivity contribution in [3.8, 4) is 11.1 Å². The number of hydrogen-bond donors (Lipinski definition) is 0. The minimum absolute atomic E-state index is 0.207. The van der Waals surface area contributed by atoms with E-state index in [0.29, 0.717) is 11.3 Å². The predicted octanol–water partition coefficient (Wildman–Crippen LogP) is 7.64. The second kappa shape index (κ2) is 7.55. The zero-order valence-corrected chi connectivity index (χ0v) is 16.5. The van der Waals surface area contributed by atoms with Crippen molar-refractivity contribution in [3.63, 3.8) is 0 Å². The first kappa shape index (κ1) is 19.3. The molecule has 1 aliphatic heterocycles. The maximum absolute atomic E-state index is 13.5. The molecule has 0 saturated carbocycles. The van der Waals surface area contributed by atoms with Gasteiger partial charge in [-0.1, -0.05) is 84.9 Å². The normalized spacial score (nSPS) is 15.5. The minimum atomic E-state index is -4.42. The Labute approximate surface area is 178 Å². The molecule has 1 heterocycles. The highest BCUT2D eigenvalue weighted by atomic mass is 19.4. The van der Waals surface area contributed by atoms with Gasteiger partial charge in [0.2, 0.25) is 0 Å². The second-order valence-electron chi connectivity index (χ2n) is 7.52. The smallest absolute Gasteiger partial charge is 0.251 e. The molecule has 0 saturated heterocycles. The van der Waals surface area contributed by atoms with E-state index in [-0.39, 0.29) is 5.92 Å². The van der Waals surface area contributed by atoms with Crippen molar-refractivity contribution in [3.05, 3.63) is 125 Å². The first-order valence-corrected chi connectivity index (χ1v) is 10.0. The molecular formula is C27H18F3N. The van der Waals surface area contributed by atoms with Crippen LogP contribution in [-0.4, -0.2) is 5.71 Å². The highest BCUT2D eigenvalue weighted by molar-refractivity contribution is 6.11. The Morgan fingerprint density at radius 1 is 0.645 bits per heavy atom. The van der Waals surface area contributed by atoms with Crippen LogP contribution in [0.5, 0.6) is 0 Å². The molecule has 5 rings (SSSR count). The number of alkyl halides is 3. The summed E-state index contributed by atoms with van der Waals surface area (Å²) in [6, 6.07) is 31.3. The van der Waals surface area contributed by atoms with Gasteiger partial charge in [0.05, 0.1) is 22.9 Å². The molecule has 0 amide bonds. The Bertz CT molecular complexity index is 1260. The van der Waals surface area contributed by atoms with Gasteiger partial charge in [0.1, 0.15) is 0 Å². The lowest BCUT2D eigenvalue weighted by molar-refractivity contribution is -0.137. The first-order valence-electron chi connectivity index (χ1n) is 10.0. The van der Waals surface area contributed by atoms with Crippen molar-refractivity contribution in [2.24, 2.45) is 4.99 Å². The molecule has 1 aliphatic rings. The van der Waals surface area contributed by atoms with Crippen LogP contribution in [0, 0.1) is 0 Å². The summed E-state index contributed by atoms with van der Waals surface area (Å²) >= 11 is 0. The largest absolute Gasteiger partial charge is 0.416 e. The fourth-order valence-electron chi connectivity index (χ4n) is 4.18. The Kier molecular flexibility index (Phi) is 4.70. The van der Waals surface area contributed by atoms with Crippen molar-refractivity contribution in [1.82, 2.24) is 0 Å². The number of hydrogen-bond acceptors (Lipinski definition) is 1. The molecule has 4 aromatic rings. The van der Waals surface area contributed by atoms with Crippen LogP contribution in [-0.2, 0) is 6.18 Å². The third kappa shape index (κ3) is 3.55. The molecule has 1 nitrogen and oxygen atoms in total. The molecule has 152 valence electrons. The molecule has 1 atom stereocenters. The van der Waals surface area contributed by atoms with Crippen LogP contribution in [0.2, 0.25) is 0 Å². The Morgan fingerprint density at radius 3 is 2.00 bits per heavy atom. The van der Waals surface area contributed by atoms with Crippen molar-refractivity contribution in [1.29, 1.82) is 0 Å². The standard InChI is InChI=1S/C27H18F3N/c28-27(29,30)20-15-16-24-23(17-20)21-13-7-8-14-22(21)25(18-9-3-1-4-10-18)26(31-24)19-11-5-2-6-12-19/h1-17,25H/t25-/m0/s1. The van der Waals surface area contributed by atoms with Crippen molar-refractivity contribution in [2.45, 2.75) is 12.1 Å². The summed E-state index contributed by atoms with van der Waals surface area (Å²) in [6.07, 6.45) is -4.42. The maximum Gasteiger partial charge on any atom is 0.416 e. The number of halogens is 3. The van der Waals surface area contributed by atoms with Crippen LogP contribution < -0.4 is 0 Å². The van der Waals surface area contributed by atoms with Crippen LogP contribution in [0.25, 0.3) is 11.1 Å². The van der Waals surface area contributed by atoms with Gasteiger partial charge in [-0.15, -0.1) is 0 Å². The average Bonchev–Trinajstić information content (AvgIpc) is 2.94. The predicted molar refractivity (Wildman–Crippen MR) is 118 cm³/mol. The lowest BCUT2D eigenvalue weighted by atomic mass is 9.81. The summed E-state index contributed by atoms with van der Waals surface area (Å²) in [5.74, 6) is -0.207. The van der Waals surface area contributed by atoms with Crippen LogP contribution in [0.1, 0.15) is 28.2 Å². The maximum atomic E-state index is 13.5. The van der Waals surface area contributed by atoms with Gasteiger partial charge in [0.25, 0.3) is 0 Å². The fraction of sp³-hybridized carbons (Fsp3) is 0.0741. The van der Waals surface area contributed by atoms with Crippen molar-refractivity contribution in [2.75, 3.05) is 0 Å². The molecular weight excluding hydrogens is 395 g/mol. The minimum Gasteiger partial charge on any atom is -0.251 e. The van der Waals surface area contributed by atoms with E-state index in [2.05, 4.69) is 0 Å². The highest BCUT2D eigenvalue weighted by Gasteiger charge is 2.33. The van der Waals surface area contributed by atoms with Gasteiger partial charge in [-0.05, 0) is 40.5 Å². The van der Waals surface area contributed by atoms with Crippen LogP contribution in [0.15, 0.2) is 108 Å². The number of nitrogens with zero attached hydrogens (tertiary/aromatic N) is 1. The molecule has 0 radical (unpaired) electrons. The Hall–Kier alpha value is -3.66. The molecule has 0 spiro atoms. The molecule has 0 unspecified atom stereocenters. The molecule has 0 fully saturated rings. The topological polar surface area (TPSA) is 12.4 Å². The van der Waals surface area contributed by atoms with E-state index in [9.17, 15) is 13.2 Å². The number of benzene rings is 4. The average molecular weight is 413 g/mol. The molecule has 0 N–H and O–H groups in total. The van der Waals surface area contributed by atoms with Gasteiger partial charge in [-0.25, -0.2) is 0 Å². The van der Waals surface area contributed by atoms with Gasteiger partial charge >= 0.3 is 6.18 Å². The van der Waals surface area contributed by atoms with Gasteiger partial charge < -0.3 is 0 Å². The number of aliphatic imine (C=N–C) groups is 1. The summed E-state index contributed by atoms with van der Waals surface area (Å²) in [4.78, 5) is 4.95. The number of fused-ring (bicyclic) bond motifs is 3. The van der Waals surface area contributed by atoms with E-state index >= 15 is 0 Å². The van der Waals surface area contributed by atoms with Crippen molar-refractivity contribution < 1.29 is 13.2 Å². The van der Waals surface area contributed by atoms with E-state index < -0.39 is 11.7 Å². The molecule has 4 heteroatoms. The quantitative estimate of drug-likeness (QED) is 0.320. The summed E-state index contributed by atoms with van der Waals surface area (Å²) in [7, 11) is 0. The van der Waals surface area contributed by atoms with Gasteiger partial charge in [0, 0.05) is 5.56 Å². The third-order valence-corrected chi connectivity index (χ3v) is 5.60.